The van der Waals surface area contributed by atoms with Gasteiger partial charge < -0.3 is 4.74 Å². The summed E-state index contributed by atoms with van der Waals surface area (Å²) in [6, 6.07) is 0. The molecule has 100 valence electrons. The van der Waals surface area contributed by atoms with E-state index in [2.05, 4.69) is 9.72 Å². The molecule has 0 bridgehead atoms. The van der Waals surface area contributed by atoms with Gasteiger partial charge in [-0.15, -0.1) is 0 Å². The third-order valence-corrected chi connectivity index (χ3v) is 1.94. The van der Waals surface area contributed by atoms with Crippen molar-refractivity contribution in [2.75, 3.05) is 7.11 Å². The van der Waals surface area contributed by atoms with Crippen LogP contribution in [0.15, 0.2) is 6.20 Å². The maximum Gasteiger partial charge on any atom is 0.433 e. The van der Waals surface area contributed by atoms with Crippen LogP contribution in [0.5, 0.6) is 5.75 Å². The Morgan fingerprint density at radius 1 is 1.44 bits per heavy atom. The average Bonchev–Trinajstić information content (AvgIpc) is 2.25. The SMILES string of the molecule is COc1c([N+](=O)[O-])cnc(C(F)(F)F)c1C(F)F. The third kappa shape index (κ3) is 2.46. The Morgan fingerprint density at radius 3 is 2.33 bits per heavy atom. The molecule has 0 aliphatic rings. The number of pyridine rings is 1. The van der Waals surface area contributed by atoms with Gasteiger partial charge in [-0.1, -0.05) is 0 Å². The normalized spacial score (nSPS) is 11.7. The first-order chi connectivity index (χ1) is 8.20. The minimum atomic E-state index is -5.16. The van der Waals surface area contributed by atoms with Gasteiger partial charge in [0, 0.05) is 0 Å². The summed E-state index contributed by atoms with van der Waals surface area (Å²) in [5.74, 6) is -1.14. The fourth-order valence-corrected chi connectivity index (χ4v) is 1.27. The smallest absolute Gasteiger partial charge is 0.433 e. The molecule has 1 aromatic heterocycles. The molecule has 0 aromatic carbocycles. The molecule has 0 amide bonds. The standard InChI is InChI=1S/C8H5F5N2O3/c1-18-5-3(15(16)17)2-14-6(8(11,12)13)4(5)7(9)10/h2,7H,1H3. The Bertz CT molecular complexity index is 475. The van der Waals surface area contributed by atoms with Crippen LogP contribution < -0.4 is 4.74 Å². The van der Waals surface area contributed by atoms with E-state index in [1.165, 1.54) is 0 Å². The van der Waals surface area contributed by atoms with Crippen LogP contribution in [-0.2, 0) is 6.18 Å². The molecule has 0 spiro atoms. The summed E-state index contributed by atoms with van der Waals surface area (Å²) in [5.41, 5.74) is -4.60. The van der Waals surface area contributed by atoms with E-state index in [1.54, 1.807) is 0 Å². The maximum absolute atomic E-state index is 12.6. The molecular formula is C8H5F5N2O3. The number of alkyl halides is 5. The second-order valence-electron chi connectivity index (χ2n) is 2.99. The number of aromatic nitrogens is 1. The van der Waals surface area contributed by atoms with E-state index in [9.17, 15) is 32.1 Å². The quantitative estimate of drug-likeness (QED) is 0.482. The Balaban J connectivity index is 3.64. The van der Waals surface area contributed by atoms with Gasteiger partial charge in [0.05, 0.1) is 17.6 Å². The molecule has 1 aromatic rings. The number of halogens is 5. The summed E-state index contributed by atoms with van der Waals surface area (Å²) in [6.45, 7) is 0. The van der Waals surface area contributed by atoms with Crippen LogP contribution in [0, 0.1) is 10.1 Å². The van der Waals surface area contributed by atoms with Crippen molar-refractivity contribution in [2.24, 2.45) is 0 Å². The Kier molecular flexibility index (Phi) is 3.67. The van der Waals surface area contributed by atoms with E-state index in [4.69, 9.17) is 0 Å². The summed E-state index contributed by atoms with van der Waals surface area (Å²) < 4.78 is 66.8. The second-order valence-corrected chi connectivity index (χ2v) is 2.99. The van der Waals surface area contributed by atoms with Crippen LogP contribution in [-0.4, -0.2) is 17.0 Å². The molecule has 0 saturated carbocycles. The zero-order valence-corrected chi connectivity index (χ0v) is 8.66. The molecule has 0 fully saturated rings. The lowest BCUT2D eigenvalue weighted by molar-refractivity contribution is -0.386. The maximum atomic E-state index is 12.6. The lowest BCUT2D eigenvalue weighted by Gasteiger charge is -2.14. The van der Waals surface area contributed by atoms with Gasteiger partial charge in [-0.2, -0.15) is 13.2 Å². The predicted molar refractivity (Wildman–Crippen MR) is 47.4 cm³/mol. The molecule has 1 rings (SSSR count). The lowest BCUT2D eigenvalue weighted by Crippen LogP contribution is -2.14. The van der Waals surface area contributed by atoms with Gasteiger partial charge in [0.15, 0.2) is 5.69 Å². The number of hydrogen-bond acceptors (Lipinski definition) is 4. The Hall–Kier alpha value is -2.00. The number of rotatable bonds is 3. The highest BCUT2D eigenvalue weighted by Gasteiger charge is 2.42. The lowest BCUT2D eigenvalue weighted by atomic mass is 10.1. The zero-order chi connectivity index (χ0) is 14.1. The van der Waals surface area contributed by atoms with Crippen molar-refractivity contribution >= 4 is 5.69 Å². The van der Waals surface area contributed by atoms with Crippen molar-refractivity contribution in [3.63, 3.8) is 0 Å². The highest BCUT2D eigenvalue weighted by Crippen LogP contribution is 2.43. The van der Waals surface area contributed by atoms with Crippen LogP contribution in [0.4, 0.5) is 27.6 Å². The van der Waals surface area contributed by atoms with Crippen molar-refractivity contribution in [1.82, 2.24) is 4.98 Å². The summed E-state index contributed by atoms with van der Waals surface area (Å²) >= 11 is 0. The summed E-state index contributed by atoms with van der Waals surface area (Å²) in [5, 5.41) is 10.5. The third-order valence-electron chi connectivity index (χ3n) is 1.94. The first-order valence-electron chi connectivity index (χ1n) is 4.26. The highest BCUT2D eigenvalue weighted by atomic mass is 19.4. The zero-order valence-electron chi connectivity index (χ0n) is 8.66. The second kappa shape index (κ2) is 4.70. The van der Waals surface area contributed by atoms with Gasteiger partial charge in [0.2, 0.25) is 5.75 Å². The number of ether oxygens (including phenoxy) is 1. The molecular weight excluding hydrogens is 267 g/mol. The summed E-state index contributed by atoms with van der Waals surface area (Å²) in [4.78, 5) is 12.0. The molecule has 0 radical (unpaired) electrons. The monoisotopic (exact) mass is 272 g/mol. The van der Waals surface area contributed by atoms with E-state index in [0.717, 1.165) is 7.11 Å². The van der Waals surface area contributed by atoms with Crippen LogP contribution >= 0.6 is 0 Å². The van der Waals surface area contributed by atoms with Crippen LogP contribution in [0.2, 0.25) is 0 Å². The largest absolute Gasteiger partial charge is 0.490 e. The van der Waals surface area contributed by atoms with E-state index in [-0.39, 0.29) is 6.20 Å². The van der Waals surface area contributed by atoms with Crippen molar-refractivity contribution in [3.8, 4) is 5.75 Å². The van der Waals surface area contributed by atoms with Gasteiger partial charge in [0.1, 0.15) is 6.20 Å². The van der Waals surface area contributed by atoms with Crippen LogP contribution in [0.1, 0.15) is 17.7 Å². The van der Waals surface area contributed by atoms with Gasteiger partial charge in [-0.25, -0.2) is 13.8 Å². The molecule has 0 saturated heterocycles. The van der Waals surface area contributed by atoms with Gasteiger partial charge in [0.25, 0.3) is 6.43 Å². The van der Waals surface area contributed by atoms with Crippen molar-refractivity contribution in [3.05, 3.63) is 27.6 Å². The number of methoxy groups -OCH3 is 1. The topological polar surface area (TPSA) is 65.3 Å². The first-order valence-corrected chi connectivity index (χ1v) is 4.26. The van der Waals surface area contributed by atoms with E-state index >= 15 is 0 Å². The fourth-order valence-electron chi connectivity index (χ4n) is 1.27. The Morgan fingerprint density at radius 2 is 2.00 bits per heavy atom. The summed E-state index contributed by atoms with van der Waals surface area (Å²) in [6.07, 6.45) is -8.54. The molecule has 1 heterocycles. The molecule has 0 atom stereocenters. The van der Waals surface area contributed by atoms with Crippen LogP contribution in [0.25, 0.3) is 0 Å². The predicted octanol–water partition coefficient (Wildman–Crippen LogP) is 2.95. The molecule has 0 aliphatic heterocycles. The minimum Gasteiger partial charge on any atom is -0.490 e. The van der Waals surface area contributed by atoms with Gasteiger partial charge >= 0.3 is 11.9 Å². The van der Waals surface area contributed by atoms with Crippen molar-refractivity contribution < 1.29 is 31.6 Å². The molecule has 5 nitrogen and oxygen atoms in total. The van der Waals surface area contributed by atoms with Crippen molar-refractivity contribution in [2.45, 2.75) is 12.6 Å². The first kappa shape index (κ1) is 14.1. The van der Waals surface area contributed by atoms with Crippen LogP contribution in [0.3, 0.4) is 0 Å². The molecule has 0 unspecified atom stereocenters. The van der Waals surface area contributed by atoms with Gasteiger partial charge in [-0.05, 0) is 0 Å². The van der Waals surface area contributed by atoms with E-state index < -0.39 is 40.2 Å². The summed E-state index contributed by atoms with van der Waals surface area (Å²) in [7, 11) is 0.758. The molecule has 18 heavy (non-hydrogen) atoms. The number of nitro groups is 1. The molecule has 0 N–H and O–H groups in total. The van der Waals surface area contributed by atoms with E-state index in [0.29, 0.717) is 0 Å². The number of nitrogens with zero attached hydrogens (tertiary/aromatic N) is 2. The van der Waals surface area contributed by atoms with E-state index in [1.807, 2.05) is 0 Å². The van der Waals surface area contributed by atoms with Crippen molar-refractivity contribution in [1.29, 1.82) is 0 Å². The Labute approximate surface area is 96.3 Å². The minimum absolute atomic E-state index is 0.230. The highest BCUT2D eigenvalue weighted by molar-refractivity contribution is 5.53. The average molecular weight is 272 g/mol. The molecule has 0 aliphatic carbocycles. The fraction of sp³-hybridized carbons (Fsp3) is 0.375. The van der Waals surface area contributed by atoms with Gasteiger partial charge in [-0.3, -0.25) is 10.1 Å². The molecule has 10 heteroatoms. The number of hydrogen-bond donors (Lipinski definition) is 0.